The van der Waals surface area contributed by atoms with Crippen molar-refractivity contribution in [1.82, 2.24) is 19.5 Å². The zero-order chi connectivity index (χ0) is 13.1. The number of nitro groups is 1. The monoisotopic (exact) mass is 265 g/mol. The lowest BCUT2D eigenvalue weighted by atomic mass is 10.5. The van der Waals surface area contributed by atoms with E-state index in [9.17, 15) is 10.1 Å². The lowest BCUT2D eigenvalue weighted by Gasteiger charge is -1.99. The minimum Gasteiger partial charge on any atom is -0.358 e. The van der Waals surface area contributed by atoms with Gasteiger partial charge in [0, 0.05) is 11.9 Å². The number of aryl methyl sites for hydroxylation is 1. The molecule has 0 aliphatic carbocycles. The summed E-state index contributed by atoms with van der Waals surface area (Å²) < 4.78 is 1.46. The molecule has 0 bridgehead atoms. The predicted molar refractivity (Wildman–Crippen MR) is 66.2 cm³/mol. The molecule has 8 heteroatoms. The van der Waals surface area contributed by atoms with Gasteiger partial charge in [-0.15, -0.1) is 0 Å². The van der Waals surface area contributed by atoms with E-state index in [1.807, 2.05) is 13.0 Å². The molecule has 0 saturated heterocycles. The lowest BCUT2D eigenvalue weighted by molar-refractivity contribution is -0.391. The Bertz CT molecular complexity index is 583. The minimum atomic E-state index is -0.454. The molecule has 0 aromatic carbocycles. The van der Waals surface area contributed by atoms with Crippen molar-refractivity contribution in [3.05, 3.63) is 40.1 Å². The molecule has 0 N–H and O–H groups in total. The zero-order valence-electron chi connectivity index (χ0n) is 9.90. The molecule has 0 spiro atoms. The van der Waals surface area contributed by atoms with Crippen LogP contribution in [-0.2, 0) is 12.8 Å². The Morgan fingerprint density at radius 3 is 2.89 bits per heavy atom. The summed E-state index contributed by atoms with van der Waals surface area (Å²) in [6.45, 7) is 1.89. The summed E-state index contributed by atoms with van der Waals surface area (Å²) >= 11 is 1.40. The van der Waals surface area contributed by atoms with Gasteiger partial charge in [0.05, 0.1) is 12.8 Å². The first kappa shape index (κ1) is 12.5. The molecule has 7 nitrogen and oxygen atoms in total. The molecule has 0 fully saturated rings. The SMILES string of the molecule is Cc1ccnc(SCc2ncc([N+](=O)[O-])n2C)n1. The second-order valence-corrected chi connectivity index (χ2v) is 4.56. The molecule has 18 heavy (non-hydrogen) atoms. The quantitative estimate of drug-likeness (QED) is 0.362. The zero-order valence-corrected chi connectivity index (χ0v) is 10.7. The van der Waals surface area contributed by atoms with Crippen molar-refractivity contribution in [1.29, 1.82) is 0 Å². The maximum Gasteiger partial charge on any atom is 0.342 e. The van der Waals surface area contributed by atoms with E-state index in [2.05, 4.69) is 15.0 Å². The Kier molecular flexibility index (Phi) is 3.56. The highest BCUT2D eigenvalue weighted by Gasteiger charge is 2.16. The first-order valence-corrected chi connectivity index (χ1v) is 6.14. The van der Waals surface area contributed by atoms with Gasteiger partial charge in [0.2, 0.25) is 5.82 Å². The molecule has 0 aliphatic rings. The first-order chi connectivity index (χ1) is 8.58. The smallest absolute Gasteiger partial charge is 0.342 e. The molecular formula is C10H11N5O2S. The summed E-state index contributed by atoms with van der Waals surface area (Å²) in [7, 11) is 1.62. The number of hydrogen-bond donors (Lipinski definition) is 0. The molecule has 2 rings (SSSR count). The Balaban J connectivity index is 2.09. The molecule has 94 valence electrons. The van der Waals surface area contributed by atoms with Crippen molar-refractivity contribution in [2.75, 3.05) is 0 Å². The van der Waals surface area contributed by atoms with Gasteiger partial charge in [-0.25, -0.2) is 19.5 Å². The van der Waals surface area contributed by atoms with Crippen molar-refractivity contribution < 1.29 is 4.92 Å². The fourth-order valence-corrected chi connectivity index (χ4v) is 2.24. The largest absolute Gasteiger partial charge is 0.358 e. The van der Waals surface area contributed by atoms with Crippen molar-refractivity contribution in [2.24, 2.45) is 7.05 Å². The molecular weight excluding hydrogens is 254 g/mol. The van der Waals surface area contributed by atoms with Crippen LogP contribution in [0.1, 0.15) is 11.5 Å². The van der Waals surface area contributed by atoms with Crippen LogP contribution in [0.3, 0.4) is 0 Å². The Hall–Kier alpha value is -1.96. The second kappa shape index (κ2) is 5.13. The lowest BCUT2D eigenvalue weighted by Crippen LogP contribution is -2.01. The third-order valence-corrected chi connectivity index (χ3v) is 3.21. The normalized spacial score (nSPS) is 10.6. The van der Waals surface area contributed by atoms with Crippen LogP contribution in [0.5, 0.6) is 0 Å². The van der Waals surface area contributed by atoms with Gasteiger partial charge < -0.3 is 10.1 Å². The second-order valence-electron chi connectivity index (χ2n) is 3.62. The highest BCUT2D eigenvalue weighted by atomic mass is 32.2. The van der Waals surface area contributed by atoms with Crippen LogP contribution in [-0.4, -0.2) is 24.4 Å². The molecule has 0 radical (unpaired) electrons. The summed E-state index contributed by atoms with van der Waals surface area (Å²) in [4.78, 5) is 22.6. The third kappa shape index (κ3) is 2.65. The van der Waals surface area contributed by atoms with E-state index < -0.39 is 4.92 Å². The molecule has 0 atom stereocenters. The third-order valence-electron chi connectivity index (χ3n) is 2.35. The van der Waals surface area contributed by atoms with Gasteiger partial charge in [-0.2, -0.15) is 0 Å². The van der Waals surface area contributed by atoms with Crippen LogP contribution in [0, 0.1) is 17.0 Å². The van der Waals surface area contributed by atoms with E-state index in [0.717, 1.165) is 5.69 Å². The summed E-state index contributed by atoms with van der Waals surface area (Å²) in [6, 6.07) is 1.82. The maximum absolute atomic E-state index is 10.7. The minimum absolute atomic E-state index is 0.0178. The van der Waals surface area contributed by atoms with E-state index in [4.69, 9.17) is 0 Å². The number of hydrogen-bond acceptors (Lipinski definition) is 6. The van der Waals surface area contributed by atoms with Crippen LogP contribution in [0.4, 0.5) is 5.82 Å². The number of rotatable bonds is 4. The van der Waals surface area contributed by atoms with Crippen molar-refractivity contribution in [3.63, 3.8) is 0 Å². The summed E-state index contributed by atoms with van der Waals surface area (Å²) in [5, 5.41) is 11.3. The van der Waals surface area contributed by atoms with E-state index >= 15 is 0 Å². The fraction of sp³-hybridized carbons (Fsp3) is 0.300. The topological polar surface area (TPSA) is 86.7 Å². The van der Waals surface area contributed by atoms with Gasteiger partial charge in [0.1, 0.15) is 6.20 Å². The number of imidazole rings is 1. The first-order valence-electron chi connectivity index (χ1n) is 5.15. The van der Waals surface area contributed by atoms with E-state index in [1.54, 1.807) is 13.2 Å². The number of thioether (sulfide) groups is 1. The van der Waals surface area contributed by atoms with E-state index in [-0.39, 0.29) is 5.82 Å². The molecule has 2 heterocycles. The molecule has 2 aromatic heterocycles. The van der Waals surface area contributed by atoms with E-state index in [0.29, 0.717) is 16.7 Å². The van der Waals surface area contributed by atoms with Gasteiger partial charge in [-0.1, -0.05) is 11.8 Å². The standard InChI is InChI=1S/C10H11N5O2S/c1-7-3-4-11-10(13-7)18-6-8-12-5-9(14(8)2)15(16)17/h3-5H,6H2,1-2H3. The van der Waals surface area contributed by atoms with Gasteiger partial charge in [-0.3, -0.25) is 0 Å². The predicted octanol–water partition coefficient (Wildman–Crippen LogP) is 1.72. The highest BCUT2D eigenvalue weighted by Crippen LogP contribution is 2.20. The van der Waals surface area contributed by atoms with Crippen LogP contribution < -0.4 is 0 Å². The van der Waals surface area contributed by atoms with Gasteiger partial charge in [0.25, 0.3) is 0 Å². The average Bonchev–Trinajstić information content (AvgIpc) is 2.68. The van der Waals surface area contributed by atoms with Crippen molar-refractivity contribution in [3.8, 4) is 0 Å². The highest BCUT2D eigenvalue weighted by molar-refractivity contribution is 7.98. The Morgan fingerprint density at radius 1 is 1.50 bits per heavy atom. The summed E-state index contributed by atoms with van der Waals surface area (Å²) in [5.41, 5.74) is 0.887. The molecule has 0 saturated carbocycles. The van der Waals surface area contributed by atoms with Crippen molar-refractivity contribution in [2.45, 2.75) is 17.8 Å². The van der Waals surface area contributed by atoms with Crippen LogP contribution in [0.25, 0.3) is 0 Å². The molecule has 0 amide bonds. The summed E-state index contributed by atoms with van der Waals surface area (Å²) in [6.07, 6.45) is 2.94. The average molecular weight is 265 g/mol. The van der Waals surface area contributed by atoms with Crippen LogP contribution >= 0.6 is 11.8 Å². The number of nitrogens with zero attached hydrogens (tertiary/aromatic N) is 5. The van der Waals surface area contributed by atoms with Gasteiger partial charge in [-0.05, 0) is 17.9 Å². The van der Waals surface area contributed by atoms with Crippen LogP contribution in [0.2, 0.25) is 0 Å². The Morgan fingerprint density at radius 2 is 2.28 bits per heavy atom. The van der Waals surface area contributed by atoms with E-state index in [1.165, 1.54) is 22.5 Å². The maximum atomic E-state index is 10.7. The summed E-state index contributed by atoms with van der Waals surface area (Å²) in [5.74, 6) is 1.10. The number of aromatic nitrogens is 4. The van der Waals surface area contributed by atoms with Gasteiger partial charge >= 0.3 is 5.82 Å². The van der Waals surface area contributed by atoms with Crippen molar-refractivity contribution >= 4 is 17.6 Å². The fourth-order valence-electron chi connectivity index (χ4n) is 1.37. The molecule has 0 unspecified atom stereocenters. The van der Waals surface area contributed by atoms with Gasteiger partial charge in [0.15, 0.2) is 5.16 Å². The Labute approximate surface area is 107 Å². The van der Waals surface area contributed by atoms with Crippen LogP contribution in [0.15, 0.2) is 23.6 Å². The molecule has 0 aliphatic heterocycles. The molecule has 2 aromatic rings.